The first-order valence-corrected chi connectivity index (χ1v) is 8.92. The van der Waals surface area contributed by atoms with Crippen molar-refractivity contribution in [1.82, 2.24) is 15.3 Å². The van der Waals surface area contributed by atoms with Crippen LogP contribution in [-0.4, -0.2) is 22.4 Å². The van der Waals surface area contributed by atoms with Crippen LogP contribution < -0.4 is 10.6 Å². The molecule has 0 atom stereocenters. The van der Waals surface area contributed by atoms with Gasteiger partial charge in [-0.3, -0.25) is 4.79 Å². The van der Waals surface area contributed by atoms with Gasteiger partial charge >= 0.3 is 0 Å². The van der Waals surface area contributed by atoms with Gasteiger partial charge in [-0.15, -0.1) is 11.3 Å². The second-order valence-corrected chi connectivity index (χ2v) is 6.31. The lowest BCUT2D eigenvalue weighted by Gasteiger charge is -2.01. The largest absolute Gasteiger partial charge is 0.439 e. The fraction of sp³-hybridized carbons (Fsp3) is 0.353. The second kappa shape index (κ2) is 7.92. The van der Waals surface area contributed by atoms with Crippen LogP contribution in [0.2, 0.25) is 0 Å². The summed E-state index contributed by atoms with van der Waals surface area (Å²) in [6.07, 6.45) is 2.51. The molecule has 0 fully saturated rings. The van der Waals surface area contributed by atoms with Crippen LogP contribution in [0.15, 0.2) is 34.1 Å². The van der Waals surface area contributed by atoms with Crippen molar-refractivity contribution in [3.8, 4) is 0 Å². The monoisotopic (exact) mass is 344 g/mol. The van der Waals surface area contributed by atoms with Crippen molar-refractivity contribution in [1.29, 1.82) is 0 Å². The summed E-state index contributed by atoms with van der Waals surface area (Å²) in [5, 5.41) is 8.86. The third-order valence-electron chi connectivity index (χ3n) is 3.47. The molecule has 0 unspecified atom stereocenters. The number of hydrogen-bond acceptors (Lipinski definition) is 6. The molecule has 0 aliphatic carbocycles. The summed E-state index contributed by atoms with van der Waals surface area (Å²) in [5.41, 5.74) is 2.29. The molecule has 0 saturated carbocycles. The zero-order valence-corrected chi connectivity index (χ0v) is 14.4. The minimum absolute atomic E-state index is 0.0948. The first-order chi connectivity index (χ1) is 11.7. The Morgan fingerprint density at radius 2 is 2.17 bits per heavy atom. The molecule has 24 heavy (non-hydrogen) atoms. The fourth-order valence-corrected chi connectivity index (χ4v) is 2.98. The SMILES string of the molecule is CCCCNc1nc(CC(=O)NCc2nc3ccccc3o2)cs1. The number of benzene rings is 1. The van der Waals surface area contributed by atoms with E-state index < -0.39 is 0 Å². The summed E-state index contributed by atoms with van der Waals surface area (Å²) in [4.78, 5) is 20.8. The molecule has 0 spiro atoms. The van der Waals surface area contributed by atoms with Gasteiger partial charge in [-0.1, -0.05) is 25.5 Å². The molecule has 0 aliphatic rings. The zero-order chi connectivity index (χ0) is 16.8. The van der Waals surface area contributed by atoms with Gasteiger partial charge in [-0.2, -0.15) is 0 Å². The van der Waals surface area contributed by atoms with E-state index in [9.17, 15) is 4.79 Å². The molecule has 1 aromatic carbocycles. The van der Waals surface area contributed by atoms with Crippen LogP contribution in [0.3, 0.4) is 0 Å². The number of amides is 1. The van der Waals surface area contributed by atoms with E-state index in [1.54, 1.807) is 0 Å². The van der Waals surface area contributed by atoms with E-state index in [0.717, 1.165) is 41.3 Å². The molecule has 6 nitrogen and oxygen atoms in total. The Morgan fingerprint density at radius 1 is 1.29 bits per heavy atom. The predicted molar refractivity (Wildman–Crippen MR) is 95.1 cm³/mol. The van der Waals surface area contributed by atoms with Gasteiger partial charge in [-0.25, -0.2) is 9.97 Å². The Hall–Kier alpha value is -2.41. The van der Waals surface area contributed by atoms with Crippen LogP contribution in [0, 0.1) is 0 Å². The maximum Gasteiger partial charge on any atom is 0.226 e. The molecule has 0 saturated heterocycles. The van der Waals surface area contributed by atoms with Crippen LogP contribution in [0.25, 0.3) is 11.1 Å². The normalized spacial score (nSPS) is 10.9. The minimum Gasteiger partial charge on any atom is -0.439 e. The predicted octanol–water partition coefficient (Wildman–Crippen LogP) is 3.36. The molecule has 0 bridgehead atoms. The molecule has 2 aromatic heterocycles. The molecule has 2 heterocycles. The number of carbonyl (C=O) groups excluding carboxylic acids is 1. The first-order valence-electron chi connectivity index (χ1n) is 8.04. The average molecular weight is 344 g/mol. The van der Waals surface area contributed by atoms with Crippen LogP contribution in [0.5, 0.6) is 0 Å². The van der Waals surface area contributed by atoms with Gasteiger partial charge in [0.2, 0.25) is 11.8 Å². The van der Waals surface area contributed by atoms with Crippen LogP contribution in [0.4, 0.5) is 5.13 Å². The molecule has 3 aromatic rings. The lowest BCUT2D eigenvalue weighted by molar-refractivity contribution is -0.120. The average Bonchev–Trinajstić information content (AvgIpc) is 3.19. The number of aromatic nitrogens is 2. The highest BCUT2D eigenvalue weighted by molar-refractivity contribution is 7.13. The summed E-state index contributed by atoms with van der Waals surface area (Å²) in [7, 11) is 0. The van der Waals surface area contributed by atoms with Crippen LogP contribution >= 0.6 is 11.3 Å². The van der Waals surface area contributed by atoms with Gasteiger partial charge in [0.15, 0.2) is 10.7 Å². The summed E-state index contributed by atoms with van der Waals surface area (Å²) in [6, 6.07) is 7.54. The zero-order valence-electron chi connectivity index (χ0n) is 13.5. The smallest absolute Gasteiger partial charge is 0.226 e. The molecule has 126 valence electrons. The number of unbranched alkanes of at least 4 members (excludes halogenated alkanes) is 1. The summed E-state index contributed by atoms with van der Waals surface area (Å²) in [6.45, 7) is 3.34. The van der Waals surface area contributed by atoms with E-state index in [-0.39, 0.29) is 18.9 Å². The molecule has 2 N–H and O–H groups in total. The van der Waals surface area contributed by atoms with Crippen molar-refractivity contribution < 1.29 is 9.21 Å². The molecule has 7 heteroatoms. The van der Waals surface area contributed by atoms with E-state index in [2.05, 4.69) is 27.5 Å². The van der Waals surface area contributed by atoms with Crippen molar-refractivity contribution in [2.75, 3.05) is 11.9 Å². The lowest BCUT2D eigenvalue weighted by Crippen LogP contribution is -2.24. The number of oxazole rings is 1. The Bertz CT molecular complexity index is 779. The van der Waals surface area contributed by atoms with Crippen molar-refractivity contribution in [3.05, 3.63) is 41.2 Å². The van der Waals surface area contributed by atoms with E-state index in [4.69, 9.17) is 4.42 Å². The molecular weight excluding hydrogens is 324 g/mol. The van der Waals surface area contributed by atoms with Crippen molar-refractivity contribution >= 4 is 33.5 Å². The number of nitrogens with one attached hydrogen (secondary N) is 2. The Morgan fingerprint density at radius 3 is 3.00 bits per heavy atom. The van der Waals surface area contributed by atoms with Gasteiger partial charge in [0, 0.05) is 11.9 Å². The fourth-order valence-electron chi connectivity index (χ4n) is 2.24. The highest BCUT2D eigenvalue weighted by Crippen LogP contribution is 2.16. The van der Waals surface area contributed by atoms with Gasteiger partial charge < -0.3 is 15.1 Å². The van der Waals surface area contributed by atoms with Gasteiger partial charge in [0.1, 0.15) is 5.52 Å². The number of para-hydroxylation sites is 2. The van der Waals surface area contributed by atoms with Gasteiger partial charge in [0.05, 0.1) is 18.7 Å². The number of hydrogen-bond donors (Lipinski definition) is 2. The van der Waals surface area contributed by atoms with E-state index in [1.807, 2.05) is 29.6 Å². The maximum atomic E-state index is 12.0. The van der Waals surface area contributed by atoms with Crippen LogP contribution in [-0.2, 0) is 17.8 Å². The summed E-state index contributed by atoms with van der Waals surface area (Å²) < 4.78 is 5.58. The number of carbonyl (C=O) groups is 1. The Kier molecular flexibility index (Phi) is 5.43. The van der Waals surface area contributed by atoms with E-state index >= 15 is 0 Å². The number of thiazole rings is 1. The highest BCUT2D eigenvalue weighted by atomic mass is 32.1. The topological polar surface area (TPSA) is 80.0 Å². The Balaban J connectivity index is 1.48. The minimum atomic E-state index is -0.0948. The third kappa shape index (κ3) is 4.32. The number of fused-ring (bicyclic) bond motifs is 1. The molecule has 1 amide bonds. The van der Waals surface area contributed by atoms with Crippen molar-refractivity contribution in [2.45, 2.75) is 32.7 Å². The standard InChI is InChI=1S/C17H20N4O2S/c1-2-3-8-18-17-20-12(11-24-17)9-15(22)19-10-16-21-13-6-4-5-7-14(13)23-16/h4-7,11H,2-3,8-10H2,1H3,(H,18,20)(H,19,22). The Labute approximate surface area is 144 Å². The first kappa shape index (κ1) is 16.4. The number of rotatable bonds is 8. The van der Waals surface area contributed by atoms with E-state index in [0.29, 0.717) is 5.89 Å². The van der Waals surface area contributed by atoms with Crippen molar-refractivity contribution in [3.63, 3.8) is 0 Å². The molecular formula is C17H20N4O2S. The summed E-state index contributed by atoms with van der Waals surface area (Å²) >= 11 is 1.53. The summed E-state index contributed by atoms with van der Waals surface area (Å²) in [5.74, 6) is 0.410. The highest BCUT2D eigenvalue weighted by Gasteiger charge is 2.10. The van der Waals surface area contributed by atoms with Gasteiger partial charge in [-0.05, 0) is 18.6 Å². The lowest BCUT2D eigenvalue weighted by atomic mass is 10.3. The molecule has 3 rings (SSSR count). The van der Waals surface area contributed by atoms with Crippen molar-refractivity contribution in [2.24, 2.45) is 0 Å². The van der Waals surface area contributed by atoms with E-state index in [1.165, 1.54) is 11.3 Å². The number of anilines is 1. The number of nitrogens with zero attached hydrogens (tertiary/aromatic N) is 2. The second-order valence-electron chi connectivity index (χ2n) is 5.45. The molecule has 0 aliphatic heterocycles. The van der Waals surface area contributed by atoms with Crippen LogP contribution in [0.1, 0.15) is 31.4 Å². The van der Waals surface area contributed by atoms with Gasteiger partial charge in [0.25, 0.3) is 0 Å². The maximum absolute atomic E-state index is 12.0. The molecule has 0 radical (unpaired) electrons. The quantitative estimate of drug-likeness (QED) is 0.613. The third-order valence-corrected chi connectivity index (χ3v) is 4.32.